The Kier molecular flexibility index (Phi) is 4.72. The van der Waals surface area contributed by atoms with Crippen molar-refractivity contribution in [1.82, 2.24) is 10.3 Å². The lowest BCUT2D eigenvalue weighted by molar-refractivity contribution is -0.139. The molecule has 1 heterocycles. The molecule has 138 valence electrons. The molecule has 2 N–H and O–H groups in total. The Balaban J connectivity index is 1.75. The molecule has 4 rings (SSSR count). The van der Waals surface area contributed by atoms with Crippen LogP contribution in [0.25, 0.3) is 21.8 Å². The van der Waals surface area contributed by atoms with Crippen molar-refractivity contribution >= 4 is 33.7 Å². The number of nitrogens with zero attached hydrogens (tertiary/aromatic N) is 1. The smallest absolute Gasteiger partial charge is 0.326 e. The summed E-state index contributed by atoms with van der Waals surface area (Å²) in [6.07, 6.45) is 0.211. The van der Waals surface area contributed by atoms with Gasteiger partial charge in [-0.15, -0.1) is 0 Å². The lowest BCUT2D eigenvalue weighted by Crippen LogP contribution is -2.42. The van der Waals surface area contributed by atoms with Gasteiger partial charge in [-0.1, -0.05) is 66.7 Å². The number of benzene rings is 3. The molecule has 28 heavy (non-hydrogen) atoms. The highest BCUT2D eigenvalue weighted by molar-refractivity contribution is 6.16. The van der Waals surface area contributed by atoms with Gasteiger partial charge in [0.05, 0.1) is 16.6 Å². The lowest BCUT2D eigenvalue weighted by atomic mass is 10.0. The molecular formula is C23H18N2O3. The third-order valence-electron chi connectivity index (χ3n) is 4.70. The number of aromatic nitrogens is 1. The van der Waals surface area contributed by atoms with Crippen LogP contribution in [-0.2, 0) is 11.2 Å². The number of aliphatic carboxylic acids is 1. The number of nitrogens with one attached hydrogen (secondary N) is 1. The number of para-hydroxylation sites is 2. The summed E-state index contributed by atoms with van der Waals surface area (Å²) in [4.78, 5) is 29.6. The molecule has 5 heteroatoms. The number of hydrogen-bond acceptors (Lipinski definition) is 3. The number of fused-ring (bicyclic) bond motifs is 2. The monoisotopic (exact) mass is 370 g/mol. The molecule has 0 bridgehead atoms. The first-order chi connectivity index (χ1) is 13.6. The number of carboxylic acids is 1. The molecule has 0 aliphatic heterocycles. The van der Waals surface area contributed by atoms with E-state index in [1.807, 2.05) is 78.9 Å². The van der Waals surface area contributed by atoms with Crippen molar-refractivity contribution in [3.63, 3.8) is 0 Å². The van der Waals surface area contributed by atoms with E-state index < -0.39 is 17.9 Å². The van der Waals surface area contributed by atoms with Crippen LogP contribution in [0.15, 0.2) is 78.9 Å². The topological polar surface area (TPSA) is 79.3 Å². The minimum atomic E-state index is -1.07. The summed E-state index contributed by atoms with van der Waals surface area (Å²) in [6, 6.07) is 23.0. The number of carboxylic acid groups (broad SMARTS) is 1. The number of carbonyl (C=O) groups is 2. The standard InChI is InChI=1S/C23H18N2O3/c26-22(25-20(23(27)28)14-15-8-2-1-3-9-15)21-16-10-4-6-12-18(16)24-19-13-7-5-11-17(19)21/h1-13,20H,14H2,(H,25,26)(H,27,28)/t20-/m0/s1. The van der Waals surface area contributed by atoms with Gasteiger partial charge >= 0.3 is 5.97 Å². The Morgan fingerprint density at radius 2 is 1.36 bits per heavy atom. The average molecular weight is 370 g/mol. The summed E-state index contributed by atoms with van der Waals surface area (Å²) in [7, 11) is 0. The van der Waals surface area contributed by atoms with Crippen LogP contribution in [0, 0.1) is 0 Å². The molecule has 0 spiro atoms. The normalized spacial score (nSPS) is 12.0. The second-order valence-electron chi connectivity index (χ2n) is 6.58. The van der Waals surface area contributed by atoms with Crippen LogP contribution in [0.2, 0.25) is 0 Å². The zero-order valence-electron chi connectivity index (χ0n) is 15.0. The largest absolute Gasteiger partial charge is 0.480 e. The van der Waals surface area contributed by atoms with Crippen molar-refractivity contribution in [1.29, 1.82) is 0 Å². The third kappa shape index (κ3) is 3.42. The van der Waals surface area contributed by atoms with E-state index in [4.69, 9.17) is 0 Å². The molecule has 0 aliphatic carbocycles. The lowest BCUT2D eigenvalue weighted by Gasteiger charge is -2.17. The highest BCUT2D eigenvalue weighted by Crippen LogP contribution is 2.26. The van der Waals surface area contributed by atoms with Gasteiger partial charge in [-0.05, 0) is 17.7 Å². The Labute approximate surface area is 161 Å². The minimum Gasteiger partial charge on any atom is -0.480 e. The maximum absolute atomic E-state index is 13.2. The van der Waals surface area contributed by atoms with Gasteiger partial charge in [-0.2, -0.15) is 0 Å². The van der Waals surface area contributed by atoms with E-state index in [0.29, 0.717) is 27.4 Å². The highest BCUT2D eigenvalue weighted by Gasteiger charge is 2.23. The summed E-state index contributed by atoms with van der Waals surface area (Å²) >= 11 is 0. The average Bonchev–Trinajstić information content (AvgIpc) is 2.72. The zero-order chi connectivity index (χ0) is 19.5. The van der Waals surface area contributed by atoms with Crippen LogP contribution in [0.4, 0.5) is 0 Å². The van der Waals surface area contributed by atoms with Crippen molar-refractivity contribution in [3.8, 4) is 0 Å². The molecule has 0 fully saturated rings. The molecule has 0 aliphatic rings. The first-order valence-electron chi connectivity index (χ1n) is 8.98. The molecule has 3 aromatic carbocycles. The number of carbonyl (C=O) groups excluding carboxylic acids is 1. The predicted molar refractivity (Wildman–Crippen MR) is 108 cm³/mol. The summed E-state index contributed by atoms with van der Waals surface area (Å²) < 4.78 is 0. The van der Waals surface area contributed by atoms with Gasteiger partial charge in [0, 0.05) is 17.2 Å². The SMILES string of the molecule is O=C(N[C@@H](Cc1ccccc1)C(=O)O)c1c2ccccc2nc2ccccc12. The van der Waals surface area contributed by atoms with Gasteiger partial charge in [0.25, 0.3) is 5.91 Å². The second kappa shape index (κ2) is 7.48. The fourth-order valence-corrected chi connectivity index (χ4v) is 3.36. The van der Waals surface area contributed by atoms with Gasteiger partial charge in [0.1, 0.15) is 6.04 Å². The Morgan fingerprint density at radius 1 is 0.821 bits per heavy atom. The van der Waals surface area contributed by atoms with Crippen molar-refractivity contribution in [3.05, 3.63) is 90.0 Å². The predicted octanol–water partition coefficient (Wildman–Crippen LogP) is 3.81. The molecule has 0 unspecified atom stereocenters. The number of rotatable bonds is 5. The Hall–Kier alpha value is -3.73. The molecule has 1 aromatic heterocycles. The number of amides is 1. The third-order valence-corrected chi connectivity index (χ3v) is 4.70. The molecule has 0 saturated carbocycles. The summed E-state index contributed by atoms with van der Waals surface area (Å²) in [5.41, 5.74) is 2.68. The van der Waals surface area contributed by atoms with Crippen molar-refractivity contribution in [2.75, 3.05) is 0 Å². The fourth-order valence-electron chi connectivity index (χ4n) is 3.36. The van der Waals surface area contributed by atoms with Crippen LogP contribution >= 0.6 is 0 Å². The van der Waals surface area contributed by atoms with E-state index in [2.05, 4.69) is 10.3 Å². The van der Waals surface area contributed by atoms with Crippen LogP contribution in [-0.4, -0.2) is 28.0 Å². The van der Waals surface area contributed by atoms with Gasteiger partial charge in [-0.3, -0.25) is 4.79 Å². The quantitative estimate of drug-likeness (QED) is 0.524. The number of pyridine rings is 1. The molecular weight excluding hydrogens is 352 g/mol. The van der Waals surface area contributed by atoms with Crippen LogP contribution in [0.5, 0.6) is 0 Å². The Morgan fingerprint density at radius 3 is 1.93 bits per heavy atom. The fraction of sp³-hybridized carbons (Fsp3) is 0.0870. The van der Waals surface area contributed by atoms with Crippen LogP contribution in [0.3, 0.4) is 0 Å². The first kappa shape index (κ1) is 17.7. The van der Waals surface area contributed by atoms with E-state index in [1.54, 1.807) is 0 Å². The van der Waals surface area contributed by atoms with Crippen molar-refractivity contribution in [2.45, 2.75) is 12.5 Å². The Bertz CT molecular complexity index is 1120. The molecule has 4 aromatic rings. The molecule has 1 amide bonds. The maximum Gasteiger partial charge on any atom is 0.326 e. The van der Waals surface area contributed by atoms with Gasteiger partial charge < -0.3 is 10.4 Å². The highest BCUT2D eigenvalue weighted by atomic mass is 16.4. The zero-order valence-corrected chi connectivity index (χ0v) is 15.0. The molecule has 1 atom stereocenters. The van der Waals surface area contributed by atoms with Gasteiger partial charge in [-0.25, -0.2) is 9.78 Å². The van der Waals surface area contributed by atoms with Crippen molar-refractivity contribution in [2.24, 2.45) is 0 Å². The minimum absolute atomic E-state index is 0.211. The summed E-state index contributed by atoms with van der Waals surface area (Å²) in [6.45, 7) is 0. The molecule has 0 saturated heterocycles. The first-order valence-corrected chi connectivity index (χ1v) is 8.98. The van der Waals surface area contributed by atoms with Gasteiger partial charge in [0.2, 0.25) is 0 Å². The van der Waals surface area contributed by atoms with Crippen LogP contribution in [0.1, 0.15) is 15.9 Å². The second-order valence-corrected chi connectivity index (χ2v) is 6.58. The maximum atomic E-state index is 13.2. The van der Waals surface area contributed by atoms with E-state index in [-0.39, 0.29) is 6.42 Å². The summed E-state index contributed by atoms with van der Waals surface area (Å²) in [5, 5.41) is 13.7. The van der Waals surface area contributed by atoms with Crippen molar-refractivity contribution < 1.29 is 14.7 Å². The van der Waals surface area contributed by atoms with E-state index in [9.17, 15) is 14.7 Å². The van der Waals surface area contributed by atoms with Gasteiger partial charge in [0.15, 0.2) is 0 Å². The van der Waals surface area contributed by atoms with E-state index in [1.165, 1.54) is 0 Å². The van der Waals surface area contributed by atoms with E-state index in [0.717, 1.165) is 5.56 Å². The van der Waals surface area contributed by atoms with Crippen LogP contribution < -0.4 is 5.32 Å². The number of hydrogen-bond donors (Lipinski definition) is 2. The molecule has 0 radical (unpaired) electrons. The molecule has 5 nitrogen and oxygen atoms in total. The van der Waals surface area contributed by atoms with E-state index >= 15 is 0 Å². The summed E-state index contributed by atoms with van der Waals surface area (Å²) in [5.74, 6) is -1.49.